The fourth-order valence-electron chi connectivity index (χ4n) is 1.36. The monoisotopic (exact) mass is 154 g/mol. The molecule has 1 aliphatic carbocycles. The molecule has 0 spiro atoms. The van der Waals surface area contributed by atoms with Gasteiger partial charge in [-0.15, -0.1) is 0 Å². The lowest BCUT2D eigenvalue weighted by atomic mass is 9.95. The van der Waals surface area contributed by atoms with Crippen LogP contribution in [0.4, 0.5) is 0 Å². The summed E-state index contributed by atoms with van der Waals surface area (Å²) in [7, 11) is 1.68. The zero-order valence-corrected chi connectivity index (χ0v) is 7.09. The van der Waals surface area contributed by atoms with Crippen molar-refractivity contribution in [1.29, 1.82) is 0 Å². The van der Waals surface area contributed by atoms with E-state index in [-0.39, 0.29) is 11.9 Å². The highest BCUT2D eigenvalue weighted by atomic mass is 16.5. The maximum Gasteiger partial charge on any atom is 0.155 e. The summed E-state index contributed by atoms with van der Waals surface area (Å²) >= 11 is 0. The Morgan fingerprint density at radius 3 is 3.00 bits per heavy atom. The number of allylic oxidation sites excluding steroid dienone is 1. The first-order valence-electron chi connectivity index (χ1n) is 3.98. The highest BCUT2D eigenvalue weighted by molar-refractivity contribution is 5.93. The van der Waals surface area contributed by atoms with Crippen LogP contribution in [0.3, 0.4) is 0 Å². The van der Waals surface area contributed by atoms with Crippen LogP contribution in [0.5, 0.6) is 0 Å². The van der Waals surface area contributed by atoms with E-state index < -0.39 is 0 Å². The number of hydrogen-bond acceptors (Lipinski definition) is 2. The standard InChI is InChI=1S/C9H14O2/c1-7(10)8-4-3-5-9(6-8)11-2/h6,9H,3-5H2,1-2H3. The Morgan fingerprint density at radius 2 is 2.45 bits per heavy atom. The molecular weight excluding hydrogens is 140 g/mol. The molecule has 1 atom stereocenters. The Kier molecular flexibility index (Phi) is 2.83. The van der Waals surface area contributed by atoms with Gasteiger partial charge in [0.1, 0.15) is 0 Å². The van der Waals surface area contributed by atoms with Gasteiger partial charge in [-0.25, -0.2) is 0 Å². The lowest BCUT2D eigenvalue weighted by molar-refractivity contribution is -0.113. The fraction of sp³-hybridized carbons (Fsp3) is 0.667. The number of carbonyl (C=O) groups is 1. The van der Waals surface area contributed by atoms with Gasteiger partial charge in [0.05, 0.1) is 6.10 Å². The van der Waals surface area contributed by atoms with Gasteiger partial charge in [-0.2, -0.15) is 0 Å². The lowest BCUT2D eigenvalue weighted by Gasteiger charge is -2.17. The van der Waals surface area contributed by atoms with Crippen molar-refractivity contribution in [3.05, 3.63) is 11.6 Å². The van der Waals surface area contributed by atoms with E-state index in [1.165, 1.54) is 0 Å². The average molecular weight is 154 g/mol. The van der Waals surface area contributed by atoms with Gasteiger partial charge < -0.3 is 4.74 Å². The van der Waals surface area contributed by atoms with Gasteiger partial charge in [0.25, 0.3) is 0 Å². The van der Waals surface area contributed by atoms with Crippen molar-refractivity contribution in [2.24, 2.45) is 0 Å². The number of rotatable bonds is 2. The number of hydrogen-bond donors (Lipinski definition) is 0. The Labute approximate surface area is 67.2 Å². The van der Waals surface area contributed by atoms with E-state index in [0.717, 1.165) is 24.8 Å². The maximum absolute atomic E-state index is 10.9. The molecule has 0 heterocycles. The van der Waals surface area contributed by atoms with Crippen LogP contribution >= 0.6 is 0 Å². The van der Waals surface area contributed by atoms with Crippen molar-refractivity contribution < 1.29 is 9.53 Å². The molecule has 1 unspecified atom stereocenters. The molecule has 0 fully saturated rings. The zero-order chi connectivity index (χ0) is 8.27. The topological polar surface area (TPSA) is 26.3 Å². The normalized spacial score (nSPS) is 24.5. The van der Waals surface area contributed by atoms with E-state index in [1.807, 2.05) is 6.08 Å². The van der Waals surface area contributed by atoms with E-state index >= 15 is 0 Å². The SMILES string of the molecule is COC1C=C(C(C)=O)CCC1. The maximum atomic E-state index is 10.9. The van der Waals surface area contributed by atoms with E-state index in [1.54, 1.807) is 14.0 Å². The molecule has 1 rings (SSSR count). The highest BCUT2D eigenvalue weighted by Crippen LogP contribution is 2.19. The lowest BCUT2D eigenvalue weighted by Crippen LogP contribution is -2.14. The van der Waals surface area contributed by atoms with Gasteiger partial charge in [0, 0.05) is 7.11 Å². The van der Waals surface area contributed by atoms with E-state index in [0.29, 0.717) is 0 Å². The summed E-state index contributed by atoms with van der Waals surface area (Å²) in [6, 6.07) is 0. The second kappa shape index (κ2) is 3.67. The molecule has 0 aromatic rings. The van der Waals surface area contributed by atoms with Crippen molar-refractivity contribution in [2.75, 3.05) is 7.11 Å². The molecule has 0 aromatic carbocycles. The summed E-state index contributed by atoms with van der Waals surface area (Å²) in [6.07, 6.45) is 5.17. The predicted octanol–water partition coefficient (Wildman–Crippen LogP) is 1.70. The molecule has 0 amide bonds. The molecule has 0 bridgehead atoms. The Bertz CT molecular complexity index is 182. The van der Waals surface area contributed by atoms with Crippen LogP contribution in [0.2, 0.25) is 0 Å². The van der Waals surface area contributed by atoms with Crippen LogP contribution in [-0.4, -0.2) is 19.0 Å². The van der Waals surface area contributed by atoms with Crippen LogP contribution < -0.4 is 0 Å². The Hall–Kier alpha value is -0.630. The molecule has 2 nitrogen and oxygen atoms in total. The minimum atomic E-state index is 0.169. The van der Waals surface area contributed by atoms with Crippen LogP contribution in [-0.2, 0) is 9.53 Å². The summed E-state index contributed by atoms with van der Waals surface area (Å²) in [4.78, 5) is 10.9. The number of carbonyl (C=O) groups excluding carboxylic acids is 1. The van der Waals surface area contributed by atoms with E-state index in [9.17, 15) is 4.79 Å². The molecule has 0 aromatic heterocycles. The smallest absolute Gasteiger partial charge is 0.155 e. The van der Waals surface area contributed by atoms with Gasteiger partial charge in [-0.1, -0.05) is 0 Å². The highest BCUT2D eigenvalue weighted by Gasteiger charge is 2.14. The van der Waals surface area contributed by atoms with Gasteiger partial charge in [-0.05, 0) is 37.8 Å². The quantitative estimate of drug-likeness (QED) is 0.605. The molecule has 1 aliphatic rings. The fourth-order valence-corrected chi connectivity index (χ4v) is 1.36. The second-order valence-electron chi connectivity index (χ2n) is 2.91. The third-order valence-electron chi connectivity index (χ3n) is 2.08. The van der Waals surface area contributed by atoms with Crippen molar-refractivity contribution in [3.63, 3.8) is 0 Å². The van der Waals surface area contributed by atoms with Crippen molar-refractivity contribution in [1.82, 2.24) is 0 Å². The van der Waals surface area contributed by atoms with Crippen LogP contribution in [0.1, 0.15) is 26.2 Å². The molecule has 0 saturated carbocycles. The number of methoxy groups -OCH3 is 1. The average Bonchev–Trinajstić information content (AvgIpc) is 2.05. The van der Waals surface area contributed by atoms with Crippen LogP contribution in [0.15, 0.2) is 11.6 Å². The summed E-state index contributed by atoms with van der Waals surface area (Å²) in [5.74, 6) is 0.187. The zero-order valence-electron chi connectivity index (χ0n) is 7.09. The molecule has 62 valence electrons. The first-order valence-corrected chi connectivity index (χ1v) is 3.98. The number of ether oxygens (including phenoxy) is 1. The van der Waals surface area contributed by atoms with E-state index in [2.05, 4.69) is 0 Å². The molecule has 2 heteroatoms. The van der Waals surface area contributed by atoms with Crippen molar-refractivity contribution in [3.8, 4) is 0 Å². The Morgan fingerprint density at radius 1 is 1.73 bits per heavy atom. The molecule has 0 radical (unpaired) electrons. The first-order chi connectivity index (χ1) is 5.24. The molecule has 0 aliphatic heterocycles. The third-order valence-corrected chi connectivity index (χ3v) is 2.08. The minimum absolute atomic E-state index is 0.169. The van der Waals surface area contributed by atoms with Gasteiger partial charge in [-0.3, -0.25) is 4.79 Å². The molecule has 0 N–H and O–H groups in total. The summed E-state index contributed by atoms with van der Waals surface area (Å²) < 4.78 is 5.14. The van der Waals surface area contributed by atoms with Crippen molar-refractivity contribution in [2.45, 2.75) is 32.3 Å². The molecule has 11 heavy (non-hydrogen) atoms. The van der Waals surface area contributed by atoms with E-state index in [4.69, 9.17) is 4.74 Å². The van der Waals surface area contributed by atoms with Gasteiger partial charge in [0.15, 0.2) is 5.78 Å². The first kappa shape index (κ1) is 8.47. The molecule has 0 saturated heterocycles. The minimum Gasteiger partial charge on any atom is -0.377 e. The largest absolute Gasteiger partial charge is 0.377 e. The third kappa shape index (κ3) is 2.15. The Balaban J connectivity index is 2.64. The second-order valence-corrected chi connectivity index (χ2v) is 2.91. The van der Waals surface area contributed by atoms with Crippen LogP contribution in [0.25, 0.3) is 0 Å². The van der Waals surface area contributed by atoms with Crippen LogP contribution in [0, 0.1) is 0 Å². The predicted molar refractivity (Wildman–Crippen MR) is 43.4 cm³/mol. The summed E-state index contributed by atoms with van der Waals surface area (Å²) in [6.45, 7) is 1.61. The van der Waals surface area contributed by atoms with Gasteiger partial charge in [0.2, 0.25) is 0 Å². The van der Waals surface area contributed by atoms with Crippen molar-refractivity contribution >= 4 is 5.78 Å². The molecular formula is C9H14O2. The van der Waals surface area contributed by atoms with Gasteiger partial charge >= 0.3 is 0 Å². The summed E-state index contributed by atoms with van der Waals surface area (Å²) in [5, 5.41) is 0. The number of Topliss-reactive ketones (excluding diaryl/α,β-unsaturated/α-hetero) is 1. The summed E-state index contributed by atoms with van der Waals surface area (Å²) in [5.41, 5.74) is 0.933. The number of ketones is 1.